The zero-order valence-corrected chi connectivity index (χ0v) is 30.3. The van der Waals surface area contributed by atoms with Crippen LogP contribution in [-0.4, -0.2) is 58.6 Å². The Bertz CT molecular complexity index is 1480. The number of ether oxygens (including phenoxy) is 2. The van der Waals surface area contributed by atoms with Gasteiger partial charge in [-0.2, -0.15) is 0 Å². The van der Waals surface area contributed by atoms with E-state index in [1.165, 1.54) is 0 Å². The summed E-state index contributed by atoms with van der Waals surface area (Å²) in [6, 6.07) is 21.9. The highest BCUT2D eigenvalue weighted by molar-refractivity contribution is 6.74. The predicted octanol–water partition coefficient (Wildman–Crippen LogP) is 8.88. The third-order valence-corrected chi connectivity index (χ3v) is 13.9. The van der Waals surface area contributed by atoms with Crippen molar-refractivity contribution in [1.82, 2.24) is 4.90 Å². The van der Waals surface area contributed by atoms with Crippen LogP contribution in [0.1, 0.15) is 64.0 Å². The zero-order valence-electron chi connectivity index (χ0n) is 29.3. The van der Waals surface area contributed by atoms with Crippen LogP contribution in [0.15, 0.2) is 66.7 Å². The summed E-state index contributed by atoms with van der Waals surface area (Å²) in [5, 5.41) is 6.16. The number of amides is 2. The van der Waals surface area contributed by atoms with E-state index in [0.29, 0.717) is 24.5 Å². The smallest absolute Gasteiger partial charge is 0.411 e. The van der Waals surface area contributed by atoms with Crippen LogP contribution in [0.3, 0.4) is 0 Å². The molecule has 9 heteroatoms. The lowest BCUT2D eigenvalue weighted by Gasteiger charge is -2.36. The van der Waals surface area contributed by atoms with Crippen molar-refractivity contribution in [3.63, 3.8) is 0 Å². The van der Waals surface area contributed by atoms with Gasteiger partial charge in [-0.25, -0.2) is 4.79 Å². The molecule has 1 saturated heterocycles. The number of hydrogen-bond donors (Lipinski definition) is 2. The highest BCUT2D eigenvalue weighted by atomic mass is 28.4. The first-order valence-electron chi connectivity index (χ1n) is 16.8. The first kappa shape index (κ1) is 36.2. The van der Waals surface area contributed by atoms with Gasteiger partial charge in [-0.05, 0) is 80.5 Å². The van der Waals surface area contributed by atoms with Gasteiger partial charge in [-0.1, -0.05) is 69.3 Å². The maximum Gasteiger partial charge on any atom is 0.411 e. The van der Waals surface area contributed by atoms with Crippen molar-refractivity contribution in [2.24, 2.45) is 0 Å². The van der Waals surface area contributed by atoms with E-state index in [0.717, 1.165) is 73.1 Å². The number of carbonyl (C=O) groups excluding carboxylic acids is 2. The van der Waals surface area contributed by atoms with Gasteiger partial charge in [0.15, 0.2) is 8.32 Å². The summed E-state index contributed by atoms with van der Waals surface area (Å²) in [6.07, 6.45) is 3.97. The second-order valence-electron chi connectivity index (χ2n) is 14.1. The average molecular weight is 660 g/mol. The molecule has 1 aliphatic rings. The van der Waals surface area contributed by atoms with Gasteiger partial charge in [0.1, 0.15) is 11.9 Å². The second-order valence-corrected chi connectivity index (χ2v) is 18.9. The van der Waals surface area contributed by atoms with Crippen LogP contribution in [0.5, 0.6) is 5.75 Å². The van der Waals surface area contributed by atoms with Crippen molar-refractivity contribution in [3.05, 3.63) is 77.9 Å². The van der Waals surface area contributed by atoms with Crippen LogP contribution in [-0.2, 0) is 27.0 Å². The van der Waals surface area contributed by atoms with E-state index < -0.39 is 14.4 Å². The van der Waals surface area contributed by atoms with Gasteiger partial charge < -0.3 is 24.1 Å². The summed E-state index contributed by atoms with van der Waals surface area (Å²) in [5.41, 5.74) is 5.48. The summed E-state index contributed by atoms with van der Waals surface area (Å²) in [5.74, 6) is 0.677. The number of hydrogen-bond acceptors (Lipinski definition) is 6. The first-order chi connectivity index (χ1) is 22.3. The van der Waals surface area contributed by atoms with E-state index in [-0.39, 0.29) is 17.0 Å². The molecular weight excluding hydrogens is 607 g/mol. The number of piperidine rings is 1. The number of unbranched alkanes of at least 4 members (excludes halogenated alkanes) is 1. The van der Waals surface area contributed by atoms with Crippen molar-refractivity contribution in [2.45, 2.75) is 90.1 Å². The van der Waals surface area contributed by atoms with Gasteiger partial charge in [-0.3, -0.25) is 10.1 Å². The van der Waals surface area contributed by atoms with E-state index in [1.807, 2.05) is 54.6 Å². The Hall–Kier alpha value is -3.66. The number of benzene rings is 3. The maximum absolute atomic E-state index is 12.9. The third-order valence-electron chi connectivity index (χ3n) is 9.43. The molecule has 4 rings (SSSR count). The molecule has 0 aliphatic carbocycles. The van der Waals surface area contributed by atoms with Crippen LogP contribution in [0.25, 0.3) is 11.1 Å². The summed E-state index contributed by atoms with van der Waals surface area (Å²) in [6.45, 7) is 13.5. The Morgan fingerprint density at radius 1 is 0.936 bits per heavy atom. The molecule has 1 fully saturated rings. The monoisotopic (exact) mass is 659 g/mol. The molecule has 0 unspecified atom stereocenters. The molecular formula is C38H53N3O5Si. The summed E-state index contributed by atoms with van der Waals surface area (Å²) < 4.78 is 17.8. The van der Waals surface area contributed by atoms with Crippen molar-refractivity contribution in [2.75, 3.05) is 37.9 Å². The van der Waals surface area contributed by atoms with Crippen LogP contribution in [0.2, 0.25) is 18.1 Å². The first-order valence-corrected chi connectivity index (χ1v) is 19.7. The second kappa shape index (κ2) is 16.4. The van der Waals surface area contributed by atoms with E-state index in [9.17, 15) is 9.59 Å². The van der Waals surface area contributed by atoms with Crippen LogP contribution < -0.4 is 15.4 Å². The molecule has 3 aromatic carbocycles. The molecule has 3 aromatic rings. The number of methoxy groups -OCH3 is 1. The fourth-order valence-electron chi connectivity index (χ4n) is 5.37. The minimum Gasteiger partial charge on any atom is -0.496 e. The number of nitrogens with zero attached hydrogens (tertiary/aromatic N) is 1. The fraction of sp³-hybridized carbons (Fsp3) is 0.474. The lowest BCUT2D eigenvalue weighted by atomic mass is 9.99. The Balaban J connectivity index is 1.30. The quantitative estimate of drug-likeness (QED) is 0.141. The van der Waals surface area contributed by atoms with Crippen LogP contribution >= 0.6 is 0 Å². The summed E-state index contributed by atoms with van der Waals surface area (Å²) >= 11 is 0. The van der Waals surface area contributed by atoms with Gasteiger partial charge in [0.05, 0.1) is 19.4 Å². The van der Waals surface area contributed by atoms with E-state index in [1.54, 1.807) is 7.11 Å². The number of aryl methyl sites for hydroxylation is 1. The minimum absolute atomic E-state index is 0.0317. The number of likely N-dealkylation sites (tertiary alicyclic amines) is 1. The van der Waals surface area contributed by atoms with Gasteiger partial charge in [0.2, 0.25) is 5.91 Å². The average Bonchev–Trinajstić information content (AvgIpc) is 3.03. The van der Waals surface area contributed by atoms with Gasteiger partial charge in [-0.15, -0.1) is 0 Å². The van der Waals surface area contributed by atoms with Gasteiger partial charge >= 0.3 is 6.09 Å². The number of nitrogens with one attached hydrogen (secondary N) is 2. The van der Waals surface area contributed by atoms with E-state index in [2.05, 4.69) is 68.6 Å². The highest BCUT2D eigenvalue weighted by Crippen LogP contribution is 2.38. The molecule has 0 saturated carbocycles. The van der Waals surface area contributed by atoms with Gasteiger partial charge in [0, 0.05) is 42.4 Å². The van der Waals surface area contributed by atoms with Gasteiger partial charge in [0.25, 0.3) is 0 Å². The number of rotatable bonds is 13. The molecule has 1 aliphatic heterocycles. The summed E-state index contributed by atoms with van der Waals surface area (Å²) in [7, 11) is 1.83. The van der Waals surface area contributed by atoms with Crippen molar-refractivity contribution in [3.8, 4) is 16.9 Å². The Kier molecular flexibility index (Phi) is 12.7. The molecule has 0 atom stereocenters. The topological polar surface area (TPSA) is 89.1 Å². The molecule has 2 amide bonds. The minimum atomic E-state index is -1.90. The SMILES string of the molecule is COc1cc(NC(=O)CCCCc2ccc(-c3ccccc3)c(NC(=O)OC3CCN(C)CC3)c2)ccc1CO[Si](C)(C)C(C)(C)C. The normalized spacial score (nSPS) is 14.4. The van der Waals surface area contributed by atoms with Crippen molar-refractivity contribution in [1.29, 1.82) is 0 Å². The van der Waals surface area contributed by atoms with Crippen LogP contribution in [0, 0.1) is 0 Å². The zero-order chi connectivity index (χ0) is 34.0. The predicted molar refractivity (Wildman–Crippen MR) is 194 cm³/mol. The fourth-order valence-corrected chi connectivity index (χ4v) is 6.32. The Morgan fingerprint density at radius 2 is 1.66 bits per heavy atom. The summed E-state index contributed by atoms with van der Waals surface area (Å²) in [4.78, 5) is 28.0. The maximum atomic E-state index is 12.9. The number of carbonyl (C=O) groups is 2. The van der Waals surface area contributed by atoms with E-state index >= 15 is 0 Å². The van der Waals surface area contributed by atoms with Crippen molar-refractivity contribution < 1.29 is 23.5 Å². The molecule has 0 bridgehead atoms. The molecule has 0 radical (unpaired) electrons. The molecule has 0 aromatic heterocycles. The van der Waals surface area contributed by atoms with Crippen LogP contribution in [0.4, 0.5) is 16.2 Å². The molecule has 8 nitrogen and oxygen atoms in total. The highest BCUT2D eigenvalue weighted by Gasteiger charge is 2.37. The third kappa shape index (κ3) is 10.7. The molecule has 0 spiro atoms. The Labute approximate surface area is 282 Å². The Morgan fingerprint density at radius 3 is 2.34 bits per heavy atom. The molecule has 2 N–H and O–H groups in total. The lowest BCUT2D eigenvalue weighted by Crippen LogP contribution is -2.40. The molecule has 254 valence electrons. The standard InChI is InChI=1S/C38H53N3O5Si/c1-38(2,3)47(6,7)45-27-30-18-19-31(26-35(30)44-5)39-36(42)16-12-11-13-28-17-20-33(29-14-9-8-10-15-29)34(25-28)40-37(43)46-32-21-23-41(4)24-22-32/h8-10,14-15,17-20,25-26,32H,11-13,16,21-24,27H2,1-7H3,(H,39,42)(H,40,43). The van der Waals surface area contributed by atoms with E-state index in [4.69, 9.17) is 13.9 Å². The molecule has 1 heterocycles. The molecule has 47 heavy (non-hydrogen) atoms. The largest absolute Gasteiger partial charge is 0.496 e. The number of anilines is 2. The van der Waals surface area contributed by atoms with Crippen molar-refractivity contribution >= 4 is 31.7 Å². The lowest BCUT2D eigenvalue weighted by molar-refractivity contribution is -0.116.